The zero-order chi connectivity index (χ0) is 11.3. The zero-order valence-electron chi connectivity index (χ0n) is 10.2. The van der Waals surface area contributed by atoms with Gasteiger partial charge in [0.05, 0.1) is 0 Å². The third-order valence-electron chi connectivity index (χ3n) is 2.29. The first-order valence-electron chi connectivity index (χ1n) is 5.52. The Labute approximate surface area is 92.3 Å². The molecule has 1 rings (SSSR count). The summed E-state index contributed by atoms with van der Waals surface area (Å²) in [7, 11) is 4.05. The Morgan fingerprint density at radius 2 is 2.27 bits per heavy atom. The van der Waals surface area contributed by atoms with E-state index in [9.17, 15) is 0 Å². The van der Waals surface area contributed by atoms with Crippen molar-refractivity contribution in [3.8, 4) is 0 Å². The predicted octanol–water partition coefficient (Wildman–Crippen LogP) is 1.19. The van der Waals surface area contributed by atoms with Crippen LogP contribution >= 0.6 is 0 Å². The smallest absolute Gasteiger partial charge is 0.205 e. The molecule has 1 aromatic heterocycles. The maximum atomic E-state index is 4.38. The monoisotopic (exact) mass is 210 g/mol. The van der Waals surface area contributed by atoms with Gasteiger partial charge in [-0.25, -0.2) is 4.98 Å². The van der Waals surface area contributed by atoms with Crippen LogP contribution in [-0.4, -0.2) is 36.7 Å². The molecule has 1 heterocycles. The number of nitrogens with one attached hydrogen (secondary N) is 1. The number of rotatable bonds is 6. The third kappa shape index (κ3) is 3.55. The number of hydrogen-bond acceptors (Lipinski definition) is 3. The summed E-state index contributed by atoms with van der Waals surface area (Å²) in [5, 5.41) is 3.14. The van der Waals surface area contributed by atoms with E-state index in [2.05, 4.69) is 40.7 Å². The maximum Gasteiger partial charge on any atom is 0.205 e. The highest BCUT2D eigenvalue weighted by molar-refractivity contribution is 5.29. The fraction of sp³-hybridized carbons (Fsp3) is 0.727. The molecule has 0 bridgehead atoms. The van der Waals surface area contributed by atoms with Crippen LogP contribution in [0.5, 0.6) is 0 Å². The van der Waals surface area contributed by atoms with Gasteiger partial charge in [-0.15, -0.1) is 0 Å². The molecule has 86 valence electrons. The second-order valence-corrected chi connectivity index (χ2v) is 4.30. The molecule has 0 atom stereocenters. The quantitative estimate of drug-likeness (QED) is 0.766. The van der Waals surface area contributed by atoms with E-state index < -0.39 is 0 Å². The summed E-state index contributed by atoms with van der Waals surface area (Å²) in [6.07, 6.45) is 3.92. The average Bonchev–Trinajstić information content (AvgIpc) is 2.61. The molecule has 0 aliphatic rings. The van der Waals surface area contributed by atoms with Crippen molar-refractivity contribution < 1.29 is 0 Å². The molecule has 1 aromatic rings. The SMILES string of the molecule is CNCCN(C)c1nccn1CC(C)C. The summed E-state index contributed by atoms with van der Waals surface area (Å²) in [5.74, 6) is 1.70. The molecule has 4 nitrogen and oxygen atoms in total. The average molecular weight is 210 g/mol. The summed E-state index contributed by atoms with van der Waals surface area (Å²) in [4.78, 5) is 6.56. The summed E-state index contributed by atoms with van der Waals surface area (Å²) in [5.41, 5.74) is 0. The first-order valence-corrected chi connectivity index (χ1v) is 5.52. The first-order chi connectivity index (χ1) is 7.15. The fourth-order valence-corrected chi connectivity index (χ4v) is 1.55. The maximum absolute atomic E-state index is 4.38. The topological polar surface area (TPSA) is 33.1 Å². The van der Waals surface area contributed by atoms with Crippen molar-refractivity contribution in [1.29, 1.82) is 0 Å². The molecule has 0 aliphatic carbocycles. The minimum absolute atomic E-state index is 0.649. The number of likely N-dealkylation sites (N-methyl/N-ethyl adjacent to an activating group) is 2. The highest BCUT2D eigenvalue weighted by Crippen LogP contribution is 2.11. The molecule has 0 aliphatic heterocycles. The van der Waals surface area contributed by atoms with Gasteiger partial charge in [0, 0.05) is 39.1 Å². The van der Waals surface area contributed by atoms with Gasteiger partial charge in [-0.1, -0.05) is 13.8 Å². The molecule has 0 fully saturated rings. The van der Waals surface area contributed by atoms with Crippen LogP contribution in [0.1, 0.15) is 13.8 Å². The van der Waals surface area contributed by atoms with Crippen molar-refractivity contribution in [1.82, 2.24) is 14.9 Å². The second-order valence-electron chi connectivity index (χ2n) is 4.30. The molecule has 0 spiro atoms. The Kier molecular flexibility index (Phi) is 4.62. The number of imidazole rings is 1. The Balaban J connectivity index is 2.62. The van der Waals surface area contributed by atoms with E-state index >= 15 is 0 Å². The van der Waals surface area contributed by atoms with Crippen molar-refractivity contribution in [2.24, 2.45) is 5.92 Å². The van der Waals surface area contributed by atoms with Gasteiger partial charge in [0.15, 0.2) is 0 Å². The summed E-state index contributed by atoms with van der Waals surface area (Å²) in [6.45, 7) is 7.42. The van der Waals surface area contributed by atoms with E-state index in [0.717, 1.165) is 25.6 Å². The predicted molar refractivity (Wildman–Crippen MR) is 64.3 cm³/mol. The van der Waals surface area contributed by atoms with Crippen LogP contribution in [0.3, 0.4) is 0 Å². The first kappa shape index (κ1) is 12.0. The number of aromatic nitrogens is 2. The standard InChI is InChI=1S/C11H22N4/c1-10(2)9-15-8-6-13-11(15)14(4)7-5-12-3/h6,8,10,12H,5,7,9H2,1-4H3. The molecule has 0 aromatic carbocycles. The molecule has 1 N–H and O–H groups in total. The van der Waals surface area contributed by atoms with Crippen LogP contribution in [0.2, 0.25) is 0 Å². The fourth-order valence-electron chi connectivity index (χ4n) is 1.55. The molecule has 0 radical (unpaired) electrons. The summed E-state index contributed by atoms with van der Waals surface area (Å²) in [6, 6.07) is 0. The van der Waals surface area contributed by atoms with Crippen LogP contribution in [0, 0.1) is 5.92 Å². The lowest BCUT2D eigenvalue weighted by Gasteiger charge is -2.20. The van der Waals surface area contributed by atoms with Crippen molar-refractivity contribution in [2.75, 3.05) is 32.1 Å². The van der Waals surface area contributed by atoms with E-state index in [1.807, 2.05) is 19.4 Å². The zero-order valence-corrected chi connectivity index (χ0v) is 10.2. The molecule has 0 amide bonds. The van der Waals surface area contributed by atoms with Gasteiger partial charge in [0.1, 0.15) is 0 Å². The van der Waals surface area contributed by atoms with E-state index in [4.69, 9.17) is 0 Å². The van der Waals surface area contributed by atoms with Gasteiger partial charge in [-0.05, 0) is 13.0 Å². The lowest BCUT2D eigenvalue weighted by molar-refractivity contribution is 0.520. The number of nitrogens with zero attached hydrogens (tertiary/aromatic N) is 3. The van der Waals surface area contributed by atoms with Crippen LogP contribution in [-0.2, 0) is 6.54 Å². The van der Waals surface area contributed by atoms with Crippen molar-refractivity contribution in [3.05, 3.63) is 12.4 Å². The van der Waals surface area contributed by atoms with Crippen molar-refractivity contribution in [2.45, 2.75) is 20.4 Å². The van der Waals surface area contributed by atoms with Crippen LogP contribution in [0.15, 0.2) is 12.4 Å². The Morgan fingerprint density at radius 3 is 2.87 bits per heavy atom. The Hall–Kier alpha value is -1.03. The molecule has 15 heavy (non-hydrogen) atoms. The van der Waals surface area contributed by atoms with Crippen LogP contribution in [0.4, 0.5) is 5.95 Å². The molecule has 0 saturated carbocycles. The van der Waals surface area contributed by atoms with Gasteiger partial charge in [-0.3, -0.25) is 0 Å². The van der Waals surface area contributed by atoms with E-state index in [-0.39, 0.29) is 0 Å². The molecular formula is C11H22N4. The lowest BCUT2D eigenvalue weighted by atomic mass is 10.2. The Morgan fingerprint density at radius 1 is 1.53 bits per heavy atom. The van der Waals surface area contributed by atoms with E-state index in [0.29, 0.717) is 5.92 Å². The van der Waals surface area contributed by atoms with Gasteiger partial charge < -0.3 is 14.8 Å². The molecule has 4 heteroatoms. The Bertz CT molecular complexity index is 280. The lowest BCUT2D eigenvalue weighted by Crippen LogP contribution is -2.29. The van der Waals surface area contributed by atoms with E-state index in [1.54, 1.807) is 0 Å². The second kappa shape index (κ2) is 5.75. The molecule has 0 unspecified atom stereocenters. The van der Waals surface area contributed by atoms with E-state index in [1.165, 1.54) is 0 Å². The third-order valence-corrected chi connectivity index (χ3v) is 2.29. The number of hydrogen-bond donors (Lipinski definition) is 1. The highest BCUT2D eigenvalue weighted by atomic mass is 15.3. The summed E-state index contributed by atoms with van der Waals surface area (Å²) >= 11 is 0. The van der Waals surface area contributed by atoms with Gasteiger partial charge in [0.25, 0.3) is 0 Å². The largest absolute Gasteiger partial charge is 0.344 e. The minimum Gasteiger partial charge on any atom is -0.344 e. The molecular weight excluding hydrogens is 188 g/mol. The van der Waals surface area contributed by atoms with Crippen molar-refractivity contribution in [3.63, 3.8) is 0 Å². The normalized spacial score (nSPS) is 11.0. The van der Waals surface area contributed by atoms with Crippen molar-refractivity contribution >= 4 is 5.95 Å². The van der Waals surface area contributed by atoms with Crippen LogP contribution in [0.25, 0.3) is 0 Å². The van der Waals surface area contributed by atoms with Gasteiger partial charge in [-0.2, -0.15) is 0 Å². The summed E-state index contributed by atoms with van der Waals surface area (Å²) < 4.78 is 2.21. The van der Waals surface area contributed by atoms with Gasteiger partial charge >= 0.3 is 0 Å². The minimum atomic E-state index is 0.649. The number of anilines is 1. The molecule has 0 saturated heterocycles. The van der Waals surface area contributed by atoms with Gasteiger partial charge in [0.2, 0.25) is 5.95 Å². The van der Waals surface area contributed by atoms with Crippen LogP contribution < -0.4 is 10.2 Å². The highest BCUT2D eigenvalue weighted by Gasteiger charge is 2.08.